The molecule has 1 atom stereocenters. The quantitative estimate of drug-likeness (QED) is 0.726. The summed E-state index contributed by atoms with van der Waals surface area (Å²) in [4.78, 5) is 26.5. The lowest BCUT2D eigenvalue weighted by atomic mass is 9.87. The summed E-state index contributed by atoms with van der Waals surface area (Å²) in [5.41, 5.74) is -0.938. The second-order valence-electron chi connectivity index (χ2n) is 4.29. The van der Waals surface area contributed by atoms with E-state index in [1.807, 2.05) is 0 Å². The van der Waals surface area contributed by atoms with Gasteiger partial charge < -0.3 is 15.5 Å². The summed E-state index contributed by atoms with van der Waals surface area (Å²) >= 11 is 0. The molecule has 0 aliphatic rings. The first-order valence-electron chi connectivity index (χ1n) is 5.55. The van der Waals surface area contributed by atoms with Crippen LogP contribution >= 0.6 is 0 Å². The molecule has 1 aromatic rings. The Balaban J connectivity index is 2.73. The van der Waals surface area contributed by atoms with Crippen LogP contribution in [0.4, 0.5) is 0 Å². The molecule has 3 N–H and O–H groups in total. The Labute approximate surface area is 105 Å². The lowest BCUT2D eigenvalue weighted by molar-refractivity contribution is -0.147. The lowest BCUT2D eigenvalue weighted by Crippen LogP contribution is -2.40. The van der Waals surface area contributed by atoms with Crippen molar-refractivity contribution in [3.05, 3.63) is 24.0 Å². The minimum atomic E-state index is -1.02. The van der Waals surface area contributed by atoms with Crippen LogP contribution in [-0.2, 0) is 4.79 Å². The summed E-state index contributed by atoms with van der Waals surface area (Å²) in [6.45, 7) is 3.30. The number of aromatic nitrogens is 1. The molecule has 1 amide bonds. The number of carbonyl (C=O) groups excluding carboxylic acids is 1. The highest BCUT2D eigenvalue weighted by molar-refractivity contribution is 5.96. The predicted molar refractivity (Wildman–Crippen MR) is 64.3 cm³/mol. The molecule has 18 heavy (non-hydrogen) atoms. The molecule has 0 bridgehead atoms. The molecule has 6 heteroatoms. The molecule has 0 radical (unpaired) electrons. The Morgan fingerprint density at radius 3 is 2.67 bits per heavy atom. The first-order chi connectivity index (χ1) is 8.40. The van der Waals surface area contributed by atoms with Crippen molar-refractivity contribution in [2.75, 3.05) is 6.54 Å². The van der Waals surface area contributed by atoms with Crippen LogP contribution < -0.4 is 5.32 Å². The summed E-state index contributed by atoms with van der Waals surface area (Å²) in [5.74, 6) is -1.72. The van der Waals surface area contributed by atoms with Gasteiger partial charge in [0.05, 0.1) is 17.2 Å². The number of nitrogens with one attached hydrogen (secondary N) is 1. The third-order valence-corrected chi connectivity index (χ3v) is 2.98. The number of hydrogen-bond acceptors (Lipinski definition) is 4. The van der Waals surface area contributed by atoms with E-state index in [2.05, 4.69) is 10.3 Å². The van der Waals surface area contributed by atoms with Crippen molar-refractivity contribution in [2.45, 2.75) is 20.3 Å². The average Bonchev–Trinajstić information content (AvgIpc) is 2.35. The Morgan fingerprint density at radius 1 is 1.50 bits per heavy atom. The van der Waals surface area contributed by atoms with Crippen LogP contribution in [0.1, 0.15) is 30.6 Å². The minimum absolute atomic E-state index is 0.000566. The molecule has 1 heterocycles. The van der Waals surface area contributed by atoms with E-state index in [1.54, 1.807) is 13.8 Å². The molecule has 0 saturated heterocycles. The first kappa shape index (κ1) is 14.0. The zero-order valence-electron chi connectivity index (χ0n) is 10.3. The molecular formula is C12H16N2O4. The fraction of sp³-hybridized carbons (Fsp3) is 0.417. The smallest absolute Gasteiger partial charge is 0.311 e. The van der Waals surface area contributed by atoms with E-state index in [0.717, 1.165) is 6.20 Å². The third kappa shape index (κ3) is 2.97. The van der Waals surface area contributed by atoms with Crippen LogP contribution in [-0.4, -0.2) is 33.6 Å². The fourth-order valence-corrected chi connectivity index (χ4v) is 1.30. The molecule has 1 aromatic heterocycles. The van der Waals surface area contributed by atoms with Gasteiger partial charge in [-0.05, 0) is 19.4 Å². The fourth-order valence-electron chi connectivity index (χ4n) is 1.30. The maximum absolute atomic E-state index is 11.8. The SMILES string of the molecule is CCC(C)(CNC(=O)c1ccncc1O)C(=O)O. The van der Waals surface area contributed by atoms with Crippen LogP contribution in [0.25, 0.3) is 0 Å². The van der Waals surface area contributed by atoms with Gasteiger partial charge in [0.25, 0.3) is 5.91 Å². The maximum atomic E-state index is 11.8. The van der Waals surface area contributed by atoms with Crippen LogP contribution in [0.15, 0.2) is 18.5 Å². The van der Waals surface area contributed by atoms with Gasteiger partial charge in [-0.1, -0.05) is 6.92 Å². The molecular weight excluding hydrogens is 236 g/mol. The highest BCUT2D eigenvalue weighted by Crippen LogP contribution is 2.20. The zero-order valence-corrected chi connectivity index (χ0v) is 10.3. The van der Waals surface area contributed by atoms with Gasteiger partial charge in [0, 0.05) is 12.7 Å². The van der Waals surface area contributed by atoms with Crippen molar-refractivity contribution in [3.8, 4) is 5.75 Å². The van der Waals surface area contributed by atoms with E-state index in [-0.39, 0.29) is 17.9 Å². The van der Waals surface area contributed by atoms with Crippen molar-refractivity contribution in [3.63, 3.8) is 0 Å². The molecule has 0 aromatic carbocycles. The van der Waals surface area contributed by atoms with Gasteiger partial charge in [0.15, 0.2) is 0 Å². The second kappa shape index (κ2) is 5.48. The standard InChI is InChI=1S/C12H16N2O4/c1-3-12(2,11(17)18)7-14-10(16)8-4-5-13-6-9(8)15/h4-6,15H,3,7H2,1-2H3,(H,14,16)(H,17,18). The Kier molecular flexibility index (Phi) is 4.25. The normalized spacial score (nSPS) is 13.7. The van der Waals surface area contributed by atoms with Crippen LogP contribution in [0.2, 0.25) is 0 Å². The molecule has 0 aliphatic carbocycles. The van der Waals surface area contributed by atoms with E-state index in [1.165, 1.54) is 12.3 Å². The number of carboxylic acids is 1. The first-order valence-corrected chi connectivity index (χ1v) is 5.55. The van der Waals surface area contributed by atoms with Crippen molar-refractivity contribution in [1.82, 2.24) is 10.3 Å². The van der Waals surface area contributed by atoms with Gasteiger partial charge in [-0.2, -0.15) is 0 Å². The van der Waals surface area contributed by atoms with E-state index < -0.39 is 17.3 Å². The second-order valence-corrected chi connectivity index (χ2v) is 4.29. The zero-order chi connectivity index (χ0) is 13.8. The number of aliphatic carboxylic acids is 1. The van der Waals surface area contributed by atoms with E-state index in [9.17, 15) is 14.7 Å². The molecule has 0 aliphatic heterocycles. The summed E-state index contributed by atoms with van der Waals surface area (Å²) in [5, 5.41) is 21.0. The average molecular weight is 252 g/mol. The van der Waals surface area contributed by atoms with E-state index in [0.29, 0.717) is 6.42 Å². The maximum Gasteiger partial charge on any atom is 0.311 e. The number of nitrogens with zero attached hydrogens (tertiary/aromatic N) is 1. The summed E-state index contributed by atoms with van der Waals surface area (Å²) in [7, 11) is 0. The van der Waals surface area contributed by atoms with E-state index in [4.69, 9.17) is 5.11 Å². The number of carboxylic acid groups (broad SMARTS) is 1. The Hall–Kier alpha value is -2.11. The van der Waals surface area contributed by atoms with Gasteiger partial charge >= 0.3 is 5.97 Å². The number of aromatic hydroxyl groups is 1. The molecule has 0 fully saturated rings. The number of rotatable bonds is 5. The molecule has 0 saturated carbocycles. The molecule has 6 nitrogen and oxygen atoms in total. The monoisotopic (exact) mass is 252 g/mol. The van der Waals surface area contributed by atoms with Crippen LogP contribution in [0.3, 0.4) is 0 Å². The summed E-state index contributed by atoms with van der Waals surface area (Å²) < 4.78 is 0. The van der Waals surface area contributed by atoms with Gasteiger partial charge in [-0.3, -0.25) is 14.6 Å². The summed E-state index contributed by atoms with van der Waals surface area (Å²) in [6.07, 6.45) is 2.93. The third-order valence-electron chi connectivity index (χ3n) is 2.98. The van der Waals surface area contributed by atoms with Gasteiger partial charge in [-0.25, -0.2) is 0 Å². The van der Waals surface area contributed by atoms with Crippen LogP contribution in [0, 0.1) is 5.41 Å². The van der Waals surface area contributed by atoms with Crippen molar-refractivity contribution in [1.29, 1.82) is 0 Å². The van der Waals surface area contributed by atoms with E-state index >= 15 is 0 Å². The highest BCUT2D eigenvalue weighted by Gasteiger charge is 2.31. The predicted octanol–water partition coefficient (Wildman–Crippen LogP) is 1.02. The molecule has 1 unspecified atom stereocenters. The lowest BCUT2D eigenvalue weighted by Gasteiger charge is -2.23. The van der Waals surface area contributed by atoms with Crippen molar-refractivity contribution >= 4 is 11.9 Å². The summed E-state index contributed by atoms with van der Waals surface area (Å²) in [6, 6.07) is 1.37. The van der Waals surface area contributed by atoms with Crippen molar-refractivity contribution < 1.29 is 19.8 Å². The number of carbonyl (C=O) groups is 2. The molecule has 1 rings (SSSR count). The number of hydrogen-bond donors (Lipinski definition) is 3. The minimum Gasteiger partial charge on any atom is -0.505 e. The highest BCUT2D eigenvalue weighted by atomic mass is 16.4. The number of amides is 1. The largest absolute Gasteiger partial charge is 0.505 e. The van der Waals surface area contributed by atoms with Crippen LogP contribution in [0.5, 0.6) is 5.75 Å². The molecule has 0 spiro atoms. The van der Waals surface area contributed by atoms with Gasteiger partial charge in [-0.15, -0.1) is 0 Å². The van der Waals surface area contributed by atoms with Crippen molar-refractivity contribution in [2.24, 2.45) is 5.41 Å². The Morgan fingerprint density at radius 2 is 2.17 bits per heavy atom. The van der Waals surface area contributed by atoms with Gasteiger partial charge in [0.1, 0.15) is 5.75 Å². The molecule has 98 valence electrons. The topological polar surface area (TPSA) is 99.5 Å². The Bertz CT molecular complexity index is 461. The number of pyridine rings is 1. The van der Waals surface area contributed by atoms with Gasteiger partial charge in [0.2, 0.25) is 0 Å².